The van der Waals surface area contributed by atoms with Gasteiger partial charge in [0.1, 0.15) is 18.1 Å². The summed E-state index contributed by atoms with van der Waals surface area (Å²) in [6.45, 7) is 6.18. The van der Waals surface area contributed by atoms with Crippen molar-refractivity contribution in [3.63, 3.8) is 0 Å². The third-order valence-electron chi connectivity index (χ3n) is 5.78. The van der Waals surface area contributed by atoms with Gasteiger partial charge in [-0.25, -0.2) is 9.59 Å². The Bertz CT molecular complexity index is 661. The molecule has 1 saturated carbocycles. The second-order valence-corrected chi connectivity index (χ2v) is 8.84. The third-order valence-corrected chi connectivity index (χ3v) is 5.78. The molecule has 0 aromatic rings. The third kappa shape index (κ3) is 3.17. The first-order valence-electron chi connectivity index (χ1n) is 9.21. The zero-order valence-corrected chi connectivity index (χ0v) is 15.6. The minimum Gasteiger partial charge on any atom is -0.480 e. The first kappa shape index (κ1) is 18.7. The van der Waals surface area contributed by atoms with Crippen LogP contribution in [-0.2, 0) is 14.4 Å². The second kappa shape index (κ2) is 6.25. The number of hydrogen-bond acceptors (Lipinski definition) is 4. The van der Waals surface area contributed by atoms with E-state index in [4.69, 9.17) is 0 Å². The van der Waals surface area contributed by atoms with Gasteiger partial charge in [0.25, 0.3) is 5.91 Å². The maximum atomic E-state index is 13.0. The maximum absolute atomic E-state index is 13.0. The summed E-state index contributed by atoms with van der Waals surface area (Å²) in [5.41, 5.74) is -1.03. The van der Waals surface area contributed by atoms with E-state index >= 15 is 0 Å². The number of carbonyl (C=O) groups excluding carboxylic acids is 3. The van der Waals surface area contributed by atoms with Crippen molar-refractivity contribution >= 4 is 23.8 Å². The van der Waals surface area contributed by atoms with Crippen molar-refractivity contribution in [1.82, 2.24) is 15.1 Å². The molecular formula is C18H27N3O5. The van der Waals surface area contributed by atoms with Crippen molar-refractivity contribution in [2.24, 2.45) is 11.3 Å². The smallest absolute Gasteiger partial charge is 0.326 e. The van der Waals surface area contributed by atoms with Crippen LogP contribution in [0, 0.1) is 11.3 Å². The van der Waals surface area contributed by atoms with Crippen LogP contribution in [0.2, 0.25) is 0 Å². The fourth-order valence-corrected chi connectivity index (χ4v) is 5.20. The molecule has 8 heteroatoms. The van der Waals surface area contributed by atoms with E-state index in [9.17, 15) is 24.3 Å². The molecule has 1 aliphatic carbocycles. The number of nitrogens with one attached hydrogen (secondary N) is 1. The van der Waals surface area contributed by atoms with Gasteiger partial charge in [-0.3, -0.25) is 14.5 Å². The fraction of sp³-hybridized carbons (Fsp3) is 0.778. The number of carboxylic acids is 1. The monoisotopic (exact) mass is 365 g/mol. The molecule has 1 spiro atoms. The van der Waals surface area contributed by atoms with Crippen LogP contribution in [0.15, 0.2) is 0 Å². The molecule has 8 nitrogen and oxygen atoms in total. The molecule has 2 N–H and O–H groups in total. The van der Waals surface area contributed by atoms with E-state index in [0.29, 0.717) is 32.2 Å². The zero-order valence-electron chi connectivity index (χ0n) is 15.6. The number of urea groups is 1. The summed E-state index contributed by atoms with van der Waals surface area (Å²) in [6.07, 6.45) is 3.09. The van der Waals surface area contributed by atoms with Gasteiger partial charge in [-0.2, -0.15) is 0 Å². The lowest BCUT2D eigenvalue weighted by Gasteiger charge is -2.43. The summed E-state index contributed by atoms with van der Waals surface area (Å²) in [5.74, 6) is -1.61. The van der Waals surface area contributed by atoms with E-state index in [0.717, 1.165) is 11.3 Å². The lowest BCUT2D eigenvalue weighted by molar-refractivity contribution is -0.149. The first-order valence-corrected chi connectivity index (χ1v) is 9.21. The molecule has 0 radical (unpaired) electrons. The normalized spacial score (nSPS) is 33.7. The van der Waals surface area contributed by atoms with Gasteiger partial charge in [0, 0.05) is 6.54 Å². The van der Waals surface area contributed by atoms with Gasteiger partial charge in [-0.1, -0.05) is 20.8 Å². The highest BCUT2D eigenvalue weighted by atomic mass is 16.4. The number of aliphatic carboxylic acids is 1. The van der Waals surface area contributed by atoms with E-state index in [1.165, 1.54) is 4.90 Å². The van der Waals surface area contributed by atoms with Crippen LogP contribution in [0.25, 0.3) is 0 Å². The van der Waals surface area contributed by atoms with Gasteiger partial charge in [0.05, 0.1) is 0 Å². The number of hydrogen-bond donors (Lipinski definition) is 2. The van der Waals surface area contributed by atoms with Crippen LogP contribution in [0.4, 0.5) is 4.79 Å². The largest absolute Gasteiger partial charge is 0.480 e. The number of rotatable bonds is 3. The van der Waals surface area contributed by atoms with E-state index in [-0.39, 0.29) is 17.2 Å². The molecule has 0 aromatic carbocycles. The van der Waals surface area contributed by atoms with Crippen molar-refractivity contribution in [3.05, 3.63) is 0 Å². The van der Waals surface area contributed by atoms with Gasteiger partial charge < -0.3 is 15.3 Å². The number of likely N-dealkylation sites (tertiary alicyclic amines) is 1. The highest BCUT2D eigenvalue weighted by molar-refractivity contribution is 6.09. The minimum atomic E-state index is -1.05. The maximum Gasteiger partial charge on any atom is 0.326 e. The molecule has 0 aromatic heterocycles. The lowest BCUT2D eigenvalue weighted by atomic mass is 9.64. The minimum absolute atomic E-state index is 0.0794. The molecule has 3 rings (SSSR count). The zero-order chi connectivity index (χ0) is 19.3. The van der Waals surface area contributed by atoms with Gasteiger partial charge >= 0.3 is 12.0 Å². The van der Waals surface area contributed by atoms with Crippen LogP contribution >= 0.6 is 0 Å². The highest BCUT2D eigenvalue weighted by Gasteiger charge is 2.56. The number of carboxylic acid groups (broad SMARTS) is 1. The Morgan fingerprint density at radius 2 is 1.96 bits per heavy atom. The molecule has 4 amide bonds. The van der Waals surface area contributed by atoms with Crippen molar-refractivity contribution in [1.29, 1.82) is 0 Å². The predicted octanol–water partition coefficient (Wildman–Crippen LogP) is 1.20. The van der Waals surface area contributed by atoms with Gasteiger partial charge in [0.15, 0.2) is 0 Å². The molecule has 0 bridgehead atoms. The Hall–Kier alpha value is -2.12. The SMILES string of the molecule is CC1CC(C)(C)CC2(C1)NC(=O)N(CC(=O)N1CCCC1C(=O)O)C2=O. The summed E-state index contributed by atoms with van der Waals surface area (Å²) in [6, 6.07) is -1.43. The van der Waals surface area contributed by atoms with E-state index in [2.05, 4.69) is 26.1 Å². The molecule has 26 heavy (non-hydrogen) atoms. The Balaban J connectivity index is 1.75. The van der Waals surface area contributed by atoms with E-state index in [1.54, 1.807) is 0 Å². The Morgan fingerprint density at radius 1 is 1.27 bits per heavy atom. The molecule has 3 unspecified atom stereocenters. The average Bonchev–Trinajstić information content (AvgIpc) is 3.05. The fourth-order valence-electron chi connectivity index (χ4n) is 5.20. The Kier molecular flexibility index (Phi) is 4.48. The van der Waals surface area contributed by atoms with E-state index in [1.807, 2.05) is 0 Å². The number of nitrogens with zero attached hydrogens (tertiary/aromatic N) is 2. The molecule has 3 atom stereocenters. The molecule has 2 aliphatic heterocycles. The Labute approximate surface area is 152 Å². The number of imide groups is 1. The molecule has 144 valence electrons. The van der Waals surface area contributed by atoms with Crippen molar-refractivity contribution in [2.75, 3.05) is 13.1 Å². The molecule has 2 saturated heterocycles. The highest BCUT2D eigenvalue weighted by Crippen LogP contribution is 2.46. The second-order valence-electron chi connectivity index (χ2n) is 8.84. The first-order chi connectivity index (χ1) is 12.0. The van der Waals surface area contributed by atoms with Gasteiger partial charge in [-0.05, 0) is 43.4 Å². The number of amides is 4. The van der Waals surface area contributed by atoms with Crippen LogP contribution in [-0.4, -0.2) is 63.4 Å². The summed E-state index contributed by atoms with van der Waals surface area (Å²) in [4.78, 5) is 51.6. The number of carbonyl (C=O) groups is 4. The van der Waals surface area contributed by atoms with Gasteiger partial charge in [-0.15, -0.1) is 0 Å². The Morgan fingerprint density at radius 3 is 2.58 bits per heavy atom. The average molecular weight is 365 g/mol. The molecule has 3 aliphatic rings. The summed E-state index contributed by atoms with van der Waals surface area (Å²) >= 11 is 0. The predicted molar refractivity (Wildman–Crippen MR) is 92.1 cm³/mol. The standard InChI is InChI=1S/C18H27N3O5/c1-11-7-17(2,3)10-18(8-11)15(25)21(16(26)19-18)9-13(22)20-6-4-5-12(20)14(23)24/h11-12H,4-10H2,1-3H3,(H,19,26)(H,23,24). The summed E-state index contributed by atoms with van der Waals surface area (Å²) in [5, 5.41) is 12.1. The van der Waals surface area contributed by atoms with Crippen molar-refractivity contribution in [3.8, 4) is 0 Å². The van der Waals surface area contributed by atoms with Crippen LogP contribution in [0.5, 0.6) is 0 Å². The quantitative estimate of drug-likeness (QED) is 0.731. The van der Waals surface area contributed by atoms with Crippen molar-refractivity contribution < 1.29 is 24.3 Å². The van der Waals surface area contributed by atoms with E-state index < -0.39 is 36.0 Å². The summed E-state index contributed by atoms with van der Waals surface area (Å²) < 4.78 is 0. The van der Waals surface area contributed by atoms with Crippen molar-refractivity contribution in [2.45, 2.75) is 64.5 Å². The van der Waals surface area contributed by atoms with Gasteiger partial charge in [0.2, 0.25) is 5.91 Å². The molecular weight excluding hydrogens is 338 g/mol. The van der Waals surface area contributed by atoms with Crippen LogP contribution < -0.4 is 5.32 Å². The molecule has 3 fully saturated rings. The molecule has 2 heterocycles. The lowest BCUT2D eigenvalue weighted by Crippen LogP contribution is -2.54. The van der Waals surface area contributed by atoms with Crippen LogP contribution in [0.3, 0.4) is 0 Å². The topological polar surface area (TPSA) is 107 Å². The summed E-state index contributed by atoms with van der Waals surface area (Å²) in [7, 11) is 0. The van der Waals surface area contributed by atoms with Crippen LogP contribution in [0.1, 0.15) is 52.9 Å².